The Morgan fingerprint density at radius 2 is 1.78 bits per heavy atom. The van der Waals surface area contributed by atoms with E-state index in [-0.39, 0.29) is 16.9 Å². The maximum Gasteiger partial charge on any atom is 0.252 e. The van der Waals surface area contributed by atoms with Crippen LogP contribution in [0, 0.1) is 19.3 Å². The zero-order valence-electron chi connectivity index (χ0n) is 12.6. The van der Waals surface area contributed by atoms with Crippen LogP contribution in [0.1, 0.15) is 61.8 Å². The standard InChI is InChI=1S/C15H25NOS/c1-10-11(2)18-8-12(10)13(17)16-15(6,7)9-14(3,4)5/h8H,9H2,1-7H3,(H,16,17). The zero-order valence-corrected chi connectivity index (χ0v) is 13.4. The molecule has 0 saturated heterocycles. The van der Waals surface area contributed by atoms with Gasteiger partial charge >= 0.3 is 0 Å². The molecule has 102 valence electrons. The Morgan fingerprint density at radius 3 is 2.17 bits per heavy atom. The fourth-order valence-corrected chi connectivity index (χ4v) is 3.35. The summed E-state index contributed by atoms with van der Waals surface area (Å²) in [6.07, 6.45) is 0.952. The highest BCUT2D eigenvalue weighted by atomic mass is 32.1. The molecule has 3 heteroatoms. The second kappa shape index (κ2) is 5.04. The molecule has 1 heterocycles. The highest BCUT2D eigenvalue weighted by Crippen LogP contribution is 2.28. The summed E-state index contributed by atoms with van der Waals surface area (Å²) in [5, 5.41) is 5.10. The quantitative estimate of drug-likeness (QED) is 0.868. The van der Waals surface area contributed by atoms with Crippen LogP contribution >= 0.6 is 11.3 Å². The van der Waals surface area contributed by atoms with Crippen LogP contribution in [-0.4, -0.2) is 11.4 Å². The third-order valence-electron chi connectivity index (χ3n) is 2.95. The Kier molecular flexibility index (Phi) is 4.26. The average Bonchev–Trinajstić information content (AvgIpc) is 2.42. The molecular weight excluding hydrogens is 242 g/mol. The fraction of sp³-hybridized carbons (Fsp3) is 0.667. The summed E-state index contributed by atoms with van der Waals surface area (Å²) >= 11 is 1.64. The van der Waals surface area contributed by atoms with Crippen molar-refractivity contribution >= 4 is 17.2 Å². The molecule has 0 aromatic carbocycles. The van der Waals surface area contributed by atoms with Gasteiger partial charge in [0.1, 0.15) is 0 Å². The molecule has 1 N–H and O–H groups in total. The lowest BCUT2D eigenvalue weighted by Crippen LogP contribution is -2.45. The highest BCUT2D eigenvalue weighted by molar-refractivity contribution is 7.10. The molecule has 1 aromatic heterocycles. The normalized spacial score (nSPS) is 12.6. The maximum atomic E-state index is 12.3. The van der Waals surface area contributed by atoms with Crippen molar-refractivity contribution in [3.63, 3.8) is 0 Å². The molecule has 0 saturated carbocycles. The van der Waals surface area contributed by atoms with Gasteiger partial charge in [-0.3, -0.25) is 4.79 Å². The van der Waals surface area contributed by atoms with Gasteiger partial charge in [0.15, 0.2) is 0 Å². The van der Waals surface area contributed by atoms with E-state index in [1.54, 1.807) is 11.3 Å². The molecule has 2 nitrogen and oxygen atoms in total. The summed E-state index contributed by atoms with van der Waals surface area (Å²) in [6.45, 7) is 14.8. The predicted octanol–water partition coefficient (Wildman–Crippen LogP) is 4.31. The number of carbonyl (C=O) groups is 1. The topological polar surface area (TPSA) is 29.1 Å². The number of hydrogen-bond acceptors (Lipinski definition) is 2. The SMILES string of the molecule is Cc1scc(C(=O)NC(C)(C)CC(C)(C)C)c1C. The molecule has 1 aromatic rings. The van der Waals surface area contributed by atoms with Crippen LogP contribution in [0.2, 0.25) is 0 Å². The third-order valence-corrected chi connectivity index (χ3v) is 3.97. The highest BCUT2D eigenvalue weighted by Gasteiger charge is 2.28. The van der Waals surface area contributed by atoms with Gasteiger partial charge in [-0.1, -0.05) is 20.8 Å². The van der Waals surface area contributed by atoms with Crippen LogP contribution < -0.4 is 5.32 Å². The number of amides is 1. The van der Waals surface area contributed by atoms with Crippen LogP contribution in [0.25, 0.3) is 0 Å². The van der Waals surface area contributed by atoms with E-state index in [0.29, 0.717) is 0 Å². The van der Waals surface area contributed by atoms with Gasteiger partial charge in [0.2, 0.25) is 0 Å². The smallest absolute Gasteiger partial charge is 0.252 e. The van der Waals surface area contributed by atoms with E-state index in [2.05, 4.69) is 46.9 Å². The zero-order chi connectivity index (χ0) is 14.1. The number of thiophene rings is 1. The van der Waals surface area contributed by atoms with Gasteiger partial charge in [-0.2, -0.15) is 0 Å². The van der Waals surface area contributed by atoms with Crippen molar-refractivity contribution in [1.82, 2.24) is 5.32 Å². The Balaban J connectivity index is 2.79. The van der Waals surface area contributed by atoms with E-state index in [0.717, 1.165) is 17.5 Å². The van der Waals surface area contributed by atoms with E-state index < -0.39 is 0 Å². The van der Waals surface area contributed by atoms with Crippen LogP contribution in [0.5, 0.6) is 0 Å². The number of nitrogens with one attached hydrogen (secondary N) is 1. The Morgan fingerprint density at radius 1 is 1.22 bits per heavy atom. The summed E-state index contributed by atoms with van der Waals surface area (Å²) in [4.78, 5) is 13.5. The monoisotopic (exact) mass is 267 g/mol. The first-order chi connectivity index (χ1) is 8.02. The van der Waals surface area contributed by atoms with Gasteiger partial charge in [-0.05, 0) is 45.1 Å². The van der Waals surface area contributed by atoms with E-state index in [4.69, 9.17) is 0 Å². The minimum absolute atomic E-state index is 0.0473. The van der Waals surface area contributed by atoms with Crippen molar-refractivity contribution < 1.29 is 4.79 Å². The van der Waals surface area contributed by atoms with E-state index in [1.807, 2.05) is 12.3 Å². The Bertz CT molecular complexity index is 438. The van der Waals surface area contributed by atoms with Gasteiger partial charge in [0.05, 0.1) is 5.56 Å². The van der Waals surface area contributed by atoms with Gasteiger partial charge in [0.25, 0.3) is 5.91 Å². The lowest BCUT2D eigenvalue weighted by molar-refractivity contribution is 0.0891. The summed E-state index contributed by atoms with van der Waals surface area (Å²) in [7, 11) is 0. The van der Waals surface area contributed by atoms with E-state index in [9.17, 15) is 4.79 Å². The Hall–Kier alpha value is -0.830. The number of carbonyl (C=O) groups excluding carboxylic acids is 1. The second-order valence-corrected chi connectivity index (χ2v) is 7.99. The molecule has 18 heavy (non-hydrogen) atoms. The van der Waals surface area contributed by atoms with Crippen molar-refractivity contribution in [3.05, 3.63) is 21.4 Å². The predicted molar refractivity (Wildman–Crippen MR) is 79.4 cm³/mol. The minimum Gasteiger partial charge on any atom is -0.347 e. The minimum atomic E-state index is -0.183. The number of aryl methyl sites for hydroxylation is 1. The summed E-state index contributed by atoms with van der Waals surface area (Å²) in [6, 6.07) is 0. The van der Waals surface area contributed by atoms with Gasteiger partial charge in [-0.25, -0.2) is 0 Å². The molecule has 0 aliphatic heterocycles. The van der Waals surface area contributed by atoms with Crippen molar-refractivity contribution in [2.75, 3.05) is 0 Å². The second-order valence-electron chi connectivity index (χ2n) is 6.91. The number of rotatable bonds is 3. The van der Waals surface area contributed by atoms with E-state index in [1.165, 1.54) is 4.88 Å². The van der Waals surface area contributed by atoms with Crippen LogP contribution in [0.4, 0.5) is 0 Å². The molecule has 0 fully saturated rings. The number of hydrogen-bond donors (Lipinski definition) is 1. The molecule has 0 unspecified atom stereocenters. The van der Waals surface area contributed by atoms with Crippen molar-refractivity contribution in [2.24, 2.45) is 5.41 Å². The average molecular weight is 267 g/mol. The fourth-order valence-electron chi connectivity index (χ4n) is 2.48. The van der Waals surface area contributed by atoms with Crippen LogP contribution in [0.15, 0.2) is 5.38 Å². The molecule has 0 radical (unpaired) electrons. The first-order valence-corrected chi connectivity index (χ1v) is 7.27. The summed E-state index contributed by atoms with van der Waals surface area (Å²) in [5.41, 5.74) is 1.94. The van der Waals surface area contributed by atoms with Crippen molar-refractivity contribution in [2.45, 2.75) is 60.4 Å². The van der Waals surface area contributed by atoms with Crippen molar-refractivity contribution in [3.8, 4) is 0 Å². The molecule has 0 spiro atoms. The first-order valence-electron chi connectivity index (χ1n) is 6.39. The maximum absolute atomic E-state index is 12.3. The van der Waals surface area contributed by atoms with Crippen LogP contribution in [0.3, 0.4) is 0 Å². The summed E-state index contributed by atoms with van der Waals surface area (Å²) in [5.74, 6) is 0.0473. The van der Waals surface area contributed by atoms with Crippen LogP contribution in [-0.2, 0) is 0 Å². The lowest BCUT2D eigenvalue weighted by atomic mass is 9.81. The summed E-state index contributed by atoms with van der Waals surface area (Å²) < 4.78 is 0. The molecular formula is C15H25NOS. The molecule has 0 atom stereocenters. The van der Waals surface area contributed by atoms with Crippen molar-refractivity contribution in [1.29, 1.82) is 0 Å². The molecule has 0 aliphatic carbocycles. The molecule has 0 bridgehead atoms. The van der Waals surface area contributed by atoms with E-state index >= 15 is 0 Å². The van der Waals surface area contributed by atoms with Gasteiger partial charge < -0.3 is 5.32 Å². The third kappa shape index (κ3) is 4.13. The van der Waals surface area contributed by atoms with Gasteiger partial charge in [0, 0.05) is 15.8 Å². The first kappa shape index (κ1) is 15.2. The largest absolute Gasteiger partial charge is 0.347 e. The lowest BCUT2D eigenvalue weighted by Gasteiger charge is -2.33. The Labute approximate surface area is 115 Å². The molecule has 0 aliphatic rings. The molecule has 1 amide bonds. The molecule has 1 rings (SSSR count). The van der Waals surface area contributed by atoms with Gasteiger partial charge in [-0.15, -0.1) is 11.3 Å².